The van der Waals surface area contributed by atoms with Crippen LogP contribution in [0, 0.1) is 11.3 Å². The summed E-state index contributed by atoms with van der Waals surface area (Å²) in [5.74, 6) is 2.13. The van der Waals surface area contributed by atoms with Gasteiger partial charge in [0.15, 0.2) is 0 Å². The Morgan fingerprint density at radius 1 is 1.35 bits per heavy atom. The second-order valence-corrected chi connectivity index (χ2v) is 7.46. The Bertz CT molecular complexity index is 599. The number of amides is 1. The first kappa shape index (κ1) is 16.2. The van der Waals surface area contributed by atoms with Crippen molar-refractivity contribution >= 4 is 17.7 Å². The van der Waals surface area contributed by atoms with Crippen LogP contribution in [0.5, 0.6) is 5.75 Å². The van der Waals surface area contributed by atoms with Gasteiger partial charge in [0.05, 0.1) is 12.2 Å². The molecule has 23 heavy (non-hydrogen) atoms. The maximum atomic E-state index is 12.5. The predicted molar refractivity (Wildman–Crippen MR) is 91.7 cm³/mol. The van der Waals surface area contributed by atoms with E-state index in [1.165, 1.54) is 19.3 Å². The number of benzene rings is 1. The molecule has 1 heterocycles. The van der Waals surface area contributed by atoms with E-state index in [0.29, 0.717) is 17.7 Å². The SMILES string of the molecule is N#CC1(NC(=O)c2cccc(OC3CCCCC3)c2)CCSC1. The van der Waals surface area contributed by atoms with Crippen molar-refractivity contribution in [2.75, 3.05) is 11.5 Å². The zero-order valence-electron chi connectivity index (χ0n) is 13.2. The third-order valence-corrected chi connectivity index (χ3v) is 5.73. The molecular formula is C18H22N2O2S. The zero-order valence-corrected chi connectivity index (χ0v) is 14.0. The van der Waals surface area contributed by atoms with Gasteiger partial charge in [0.1, 0.15) is 11.3 Å². The lowest BCUT2D eigenvalue weighted by Gasteiger charge is -2.24. The fourth-order valence-corrected chi connectivity index (χ4v) is 4.42. The zero-order chi connectivity index (χ0) is 16.1. The first-order valence-corrected chi connectivity index (χ1v) is 9.44. The van der Waals surface area contributed by atoms with Crippen molar-refractivity contribution in [3.05, 3.63) is 29.8 Å². The summed E-state index contributed by atoms with van der Waals surface area (Å²) in [4.78, 5) is 12.5. The summed E-state index contributed by atoms with van der Waals surface area (Å²) in [7, 11) is 0. The summed E-state index contributed by atoms with van der Waals surface area (Å²) in [5, 5.41) is 12.3. The van der Waals surface area contributed by atoms with Crippen LogP contribution in [-0.4, -0.2) is 29.1 Å². The Balaban J connectivity index is 1.66. The monoisotopic (exact) mass is 330 g/mol. The van der Waals surface area contributed by atoms with Gasteiger partial charge in [0.25, 0.3) is 5.91 Å². The smallest absolute Gasteiger partial charge is 0.252 e. The second-order valence-electron chi connectivity index (χ2n) is 6.36. The normalized spacial score (nSPS) is 24.8. The Hall–Kier alpha value is -1.67. The molecule has 1 saturated carbocycles. The lowest BCUT2D eigenvalue weighted by Crippen LogP contribution is -2.47. The van der Waals surface area contributed by atoms with Gasteiger partial charge in [-0.1, -0.05) is 12.5 Å². The minimum Gasteiger partial charge on any atom is -0.490 e. The fraction of sp³-hybridized carbons (Fsp3) is 0.556. The molecule has 1 saturated heterocycles. The summed E-state index contributed by atoms with van der Waals surface area (Å²) >= 11 is 1.71. The van der Waals surface area contributed by atoms with Crippen LogP contribution in [0.3, 0.4) is 0 Å². The molecule has 1 aliphatic heterocycles. The standard InChI is InChI=1S/C18H22N2O2S/c19-12-18(9-10-23-13-18)20-17(21)14-5-4-8-16(11-14)22-15-6-2-1-3-7-15/h4-5,8,11,15H,1-3,6-7,9-10,13H2,(H,20,21). The number of hydrogen-bond donors (Lipinski definition) is 1. The van der Waals surface area contributed by atoms with Crippen LogP contribution in [0.15, 0.2) is 24.3 Å². The molecule has 1 aliphatic carbocycles. The van der Waals surface area contributed by atoms with E-state index < -0.39 is 5.54 Å². The van der Waals surface area contributed by atoms with E-state index in [4.69, 9.17) is 4.74 Å². The van der Waals surface area contributed by atoms with Gasteiger partial charge < -0.3 is 10.1 Å². The molecule has 0 radical (unpaired) electrons. The molecule has 0 aromatic heterocycles. The third kappa shape index (κ3) is 4.00. The summed E-state index contributed by atoms with van der Waals surface area (Å²) in [6, 6.07) is 9.58. The van der Waals surface area contributed by atoms with Gasteiger partial charge in [-0.25, -0.2) is 0 Å². The highest BCUT2D eigenvalue weighted by molar-refractivity contribution is 7.99. The van der Waals surface area contributed by atoms with Gasteiger partial charge in [0, 0.05) is 11.3 Å². The Morgan fingerprint density at radius 2 is 2.17 bits per heavy atom. The number of nitrogens with one attached hydrogen (secondary N) is 1. The molecule has 1 aromatic carbocycles. The number of carbonyl (C=O) groups is 1. The molecule has 1 atom stereocenters. The van der Waals surface area contributed by atoms with Crippen LogP contribution >= 0.6 is 11.8 Å². The van der Waals surface area contributed by atoms with Crippen molar-refractivity contribution in [1.82, 2.24) is 5.32 Å². The number of carbonyl (C=O) groups excluding carboxylic acids is 1. The lowest BCUT2D eigenvalue weighted by atomic mass is 9.98. The largest absolute Gasteiger partial charge is 0.490 e. The summed E-state index contributed by atoms with van der Waals surface area (Å²) < 4.78 is 6.02. The van der Waals surface area contributed by atoms with E-state index in [0.717, 1.165) is 24.3 Å². The summed E-state index contributed by atoms with van der Waals surface area (Å²) in [6.45, 7) is 0. The maximum absolute atomic E-state index is 12.5. The Labute approximate surface area is 141 Å². The quantitative estimate of drug-likeness (QED) is 0.917. The third-order valence-electron chi connectivity index (χ3n) is 4.54. The minimum atomic E-state index is -0.720. The molecule has 0 spiro atoms. The number of nitrogens with zero attached hydrogens (tertiary/aromatic N) is 1. The molecule has 122 valence electrons. The molecule has 2 aliphatic rings. The number of nitriles is 1. The summed E-state index contributed by atoms with van der Waals surface area (Å²) in [6.07, 6.45) is 6.87. The van der Waals surface area contributed by atoms with Crippen LogP contribution in [0.2, 0.25) is 0 Å². The van der Waals surface area contributed by atoms with E-state index in [1.54, 1.807) is 23.9 Å². The van der Waals surface area contributed by atoms with Gasteiger partial charge >= 0.3 is 0 Å². The van der Waals surface area contributed by atoms with Crippen molar-refractivity contribution in [1.29, 1.82) is 5.26 Å². The average Bonchev–Trinajstić information content (AvgIpc) is 3.05. The van der Waals surface area contributed by atoms with Gasteiger partial charge in [-0.3, -0.25) is 4.79 Å². The van der Waals surface area contributed by atoms with E-state index >= 15 is 0 Å². The molecule has 1 unspecified atom stereocenters. The first-order valence-electron chi connectivity index (χ1n) is 8.29. The molecule has 4 nitrogen and oxygen atoms in total. The van der Waals surface area contributed by atoms with Crippen molar-refractivity contribution in [3.63, 3.8) is 0 Å². The van der Waals surface area contributed by atoms with Crippen molar-refractivity contribution < 1.29 is 9.53 Å². The molecule has 2 fully saturated rings. The first-order chi connectivity index (χ1) is 11.2. The van der Waals surface area contributed by atoms with Crippen LogP contribution in [-0.2, 0) is 0 Å². The second kappa shape index (κ2) is 7.27. The van der Waals surface area contributed by atoms with Crippen LogP contribution < -0.4 is 10.1 Å². The molecular weight excluding hydrogens is 308 g/mol. The highest BCUT2D eigenvalue weighted by Gasteiger charge is 2.36. The highest BCUT2D eigenvalue weighted by Crippen LogP contribution is 2.28. The molecule has 1 aromatic rings. The van der Waals surface area contributed by atoms with E-state index in [2.05, 4.69) is 11.4 Å². The molecule has 5 heteroatoms. The minimum absolute atomic E-state index is 0.192. The van der Waals surface area contributed by atoms with Gasteiger partial charge in [0.2, 0.25) is 0 Å². The van der Waals surface area contributed by atoms with Crippen LogP contribution in [0.1, 0.15) is 48.9 Å². The van der Waals surface area contributed by atoms with Crippen LogP contribution in [0.4, 0.5) is 0 Å². The van der Waals surface area contributed by atoms with Gasteiger partial charge in [-0.15, -0.1) is 0 Å². The van der Waals surface area contributed by atoms with E-state index in [9.17, 15) is 10.1 Å². The number of hydrogen-bond acceptors (Lipinski definition) is 4. The Morgan fingerprint density at radius 3 is 2.87 bits per heavy atom. The predicted octanol–water partition coefficient (Wildman–Crippen LogP) is 3.53. The van der Waals surface area contributed by atoms with Gasteiger partial charge in [-0.05, 0) is 56.1 Å². The summed E-state index contributed by atoms with van der Waals surface area (Å²) in [5.41, 5.74) is -0.160. The molecule has 1 amide bonds. The van der Waals surface area contributed by atoms with E-state index in [1.807, 2.05) is 12.1 Å². The lowest BCUT2D eigenvalue weighted by molar-refractivity contribution is 0.0924. The fourth-order valence-electron chi connectivity index (χ4n) is 3.16. The van der Waals surface area contributed by atoms with Crippen molar-refractivity contribution in [3.8, 4) is 11.8 Å². The van der Waals surface area contributed by atoms with Crippen molar-refractivity contribution in [2.24, 2.45) is 0 Å². The van der Waals surface area contributed by atoms with E-state index in [-0.39, 0.29) is 12.0 Å². The van der Waals surface area contributed by atoms with Gasteiger partial charge in [-0.2, -0.15) is 17.0 Å². The number of rotatable bonds is 4. The topological polar surface area (TPSA) is 62.1 Å². The Kier molecular flexibility index (Phi) is 5.12. The van der Waals surface area contributed by atoms with Crippen LogP contribution in [0.25, 0.3) is 0 Å². The molecule has 0 bridgehead atoms. The average molecular weight is 330 g/mol. The molecule has 3 rings (SSSR count). The number of ether oxygens (including phenoxy) is 1. The number of thioether (sulfide) groups is 1. The maximum Gasteiger partial charge on any atom is 0.252 e. The highest BCUT2D eigenvalue weighted by atomic mass is 32.2. The molecule has 1 N–H and O–H groups in total. The van der Waals surface area contributed by atoms with Crippen molar-refractivity contribution in [2.45, 2.75) is 50.2 Å².